The highest BCUT2D eigenvalue weighted by Crippen LogP contribution is 2.14. The van der Waals surface area contributed by atoms with Crippen LogP contribution in [0.3, 0.4) is 0 Å². The van der Waals surface area contributed by atoms with E-state index in [2.05, 4.69) is 10.00 Å². The molecule has 0 unspecified atom stereocenters. The summed E-state index contributed by atoms with van der Waals surface area (Å²) in [5, 5.41) is 4.24. The summed E-state index contributed by atoms with van der Waals surface area (Å²) in [6.07, 6.45) is 1.73. The van der Waals surface area contributed by atoms with E-state index in [1.165, 1.54) is 4.68 Å². The molecular formula is C12H20N4O2. The van der Waals surface area contributed by atoms with Crippen molar-refractivity contribution in [2.45, 2.75) is 19.4 Å². The van der Waals surface area contributed by atoms with Crippen LogP contribution < -0.4 is 16.2 Å². The molecule has 0 radical (unpaired) electrons. The molecule has 2 rings (SSSR count). The van der Waals surface area contributed by atoms with Crippen molar-refractivity contribution >= 4 is 5.69 Å². The minimum Gasteiger partial charge on any atom is -0.378 e. The van der Waals surface area contributed by atoms with Gasteiger partial charge in [-0.25, -0.2) is 4.68 Å². The molecular weight excluding hydrogens is 232 g/mol. The lowest BCUT2D eigenvalue weighted by molar-refractivity contribution is 0.122. The third-order valence-electron chi connectivity index (χ3n) is 3.23. The van der Waals surface area contributed by atoms with E-state index >= 15 is 0 Å². The zero-order valence-electron chi connectivity index (χ0n) is 10.9. The van der Waals surface area contributed by atoms with Crippen LogP contribution in [-0.4, -0.2) is 42.6 Å². The monoisotopic (exact) mass is 252 g/mol. The number of morpholine rings is 1. The summed E-state index contributed by atoms with van der Waals surface area (Å²) in [4.78, 5) is 14.2. The fourth-order valence-corrected chi connectivity index (χ4v) is 1.93. The second-order valence-electron chi connectivity index (χ2n) is 5.08. The summed E-state index contributed by atoms with van der Waals surface area (Å²) in [5.41, 5.74) is 5.94. The van der Waals surface area contributed by atoms with Crippen molar-refractivity contribution in [1.29, 1.82) is 0 Å². The zero-order valence-corrected chi connectivity index (χ0v) is 10.9. The van der Waals surface area contributed by atoms with Gasteiger partial charge in [-0.3, -0.25) is 4.79 Å². The highest BCUT2D eigenvalue weighted by atomic mass is 16.5. The lowest BCUT2D eigenvalue weighted by Crippen LogP contribution is -2.44. The predicted octanol–water partition coefficient (Wildman–Crippen LogP) is -0.226. The SMILES string of the molecule is CC(C)(CN)n1ncc(N2CCOCC2)cc1=O. The van der Waals surface area contributed by atoms with Gasteiger partial charge in [0.05, 0.1) is 30.6 Å². The first-order valence-electron chi connectivity index (χ1n) is 6.17. The van der Waals surface area contributed by atoms with Crippen molar-refractivity contribution in [3.05, 3.63) is 22.6 Å². The first kappa shape index (κ1) is 13.0. The second kappa shape index (κ2) is 5.07. The standard InChI is InChI=1S/C12H20N4O2/c1-12(2,9-13)16-11(17)7-10(8-14-16)15-3-5-18-6-4-15/h7-8H,3-6,9,13H2,1-2H3. The molecule has 2 heterocycles. The molecule has 0 amide bonds. The Balaban J connectivity index is 2.27. The van der Waals surface area contributed by atoms with Crippen molar-refractivity contribution in [1.82, 2.24) is 9.78 Å². The van der Waals surface area contributed by atoms with Crippen LogP contribution in [0.15, 0.2) is 17.1 Å². The van der Waals surface area contributed by atoms with Gasteiger partial charge in [0, 0.05) is 25.7 Å². The highest BCUT2D eigenvalue weighted by Gasteiger charge is 2.21. The van der Waals surface area contributed by atoms with Gasteiger partial charge in [0.1, 0.15) is 0 Å². The van der Waals surface area contributed by atoms with Crippen LogP contribution in [0.1, 0.15) is 13.8 Å². The maximum atomic E-state index is 12.1. The lowest BCUT2D eigenvalue weighted by atomic mass is 10.1. The largest absolute Gasteiger partial charge is 0.378 e. The third kappa shape index (κ3) is 2.54. The van der Waals surface area contributed by atoms with Crippen LogP contribution in [0.4, 0.5) is 5.69 Å². The van der Waals surface area contributed by atoms with Crippen LogP contribution in [0.25, 0.3) is 0 Å². The van der Waals surface area contributed by atoms with E-state index in [0.29, 0.717) is 19.8 Å². The maximum Gasteiger partial charge on any atom is 0.269 e. The van der Waals surface area contributed by atoms with Crippen molar-refractivity contribution in [2.24, 2.45) is 5.73 Å². The first-order chi connectivity index (χ1) is 8.54. The number of nitrogens with zero attached hydrogens (tertiary/aromatic N) is 3. The van der Waals surface area contributed by atoms with Gasteiger partial charge >= 0.3 is 0 Å². The fraction of sp³-hybridized carbons (Fsp3) is 0.667. The number of nitrogens with two attached hydrogens (primary N) is 1. The van der Waals surface area contributed by atoms with E-state index in [9.17, 15) is 4.79 Å². The van der Waals surface area contributed by atoms with Crippen molar-refractivity contribution in [3.8, 4) is 0 Å². The molecule has 100 valence electrons. The van der Waals surface area contributed by atoms with Gasteiger partial charge < -0.3 is 15.4 Å². The molecule has 1 aromatic rings. The molecule has 6 heteroatoms. The summed E-state index contributed by atoms with van der Waals surface area (Å²) in [7, 11) is 0. The quantitative estimate of drug-likeness (QED) is 0.804. The highest BCUT2D eigenvalue weighted by molar-refractivity contribution is 5.43. The predicted molar refractivity (Wildman–Crippen MR) is 69.9 cm³/mol. The Morgan fingerprint density at radius 2 is 2.11 bits per heavy atom. The van der Waals surface area contributed by atoms with Crippen LogP contribution in [-0.2, 0) is 10.3 Å². The molecule has 0 bridgehead atoms. The summed E-state index contributed by atoms with van der Waals surface area (Å²) >= 11 is 0. The van der Waals surface area contributed by atoms with Crippen LogP contribution in [0, 0.1) is 0 Å². The smallest absolute Gasteiger partial charge is 0.269 e. The van der Waals surface area contributed by atoms with Gasteiger partial charge in [0.2, 0.25) is 0 Å². The van der Waals surface area contributed by atoms with Crippen molar-refractivity contribution in [2.75, 3.05) is 37.7 Å². The lowest BCUT2D eigenvalue weighted by Gasteiger charge is -2.29. The van der Waals surface area contributed by atoms with Gasteiger partial charge in [-0.1, -0.05) is 0 Å². The number of ether oxygens (including phenoxy) is 1. The molecule has 6 nitrogen and oxygen atoms in total. The van der Waals surface area contributed by atoms with Gasteiger partial charge in [-0.2, -0.15) is 5.10 Å². The van der Waals surface area contributed by atoms with Crippen LogP contribution >= 0.6 is 0 Å². The van der Waals surface area contributed by atoms with Crippen molar-refractivity contribution < 1.29 is 4.74 Å². The third-order valence-corrected chi connectivity index (χ3v) is 3.23. The van der Waals surface area contributed by atoms with E-state index in [1.54, 1.807) is 12.3 Å². The van der Waals surface area contributed by atoms with Gasteiger partial charge in [0.15, 0.2) is 0 Å². The van der Waals surface area contributed by atoms with Gasteiger partial charge in [0.25, 0.3) is 5.56 Å². The number of rotatable bonds is 3. The van der Waals surface area contributed by atoms with Gasteiger partial charge in [-0.05, 0) is 13.8 Å². The molecule has 1 aliphatic heterocycles. The minimum absolute atomic E-state index is 0.116. The minimum atomic E-state index is -0.458. The normalized spacial score (nSPS) is 16.9. The summed E-state index contributed by atoms with van der Waals surface area (Å²) in [6, 6.07) is 1.62. The molecule has 1 aliphatic rings. The summed E-state index contributed by atoms with van der Waals surface area (Å²) < 4.78 is 6.73. The number of aromatic nitrogens is 2. The Kier molecular flexibility index (Phi) is 3.68. The van der Waals surface area contributed by atoms with E-state index in [4.69, 9.17) is 10.5 Å². The average Bonchev–Trinajstić information content (AvgIpc) is 2.39. The van der Waals surface area contributed by atoms with Crippen LogP contribution in [0.2, 0.25) is 0 Å². The maximum absolute atomic E-state index is 12.1. The molecule has 0 spiro atoms. The number of hydrogen-bond donors (Lipinski definition) is 1. The number of anilines is 1. The molecule has 0 atom stereocenters. The summed E-state index contributed by atoms with van der Waals surface area (Å²) in [5.74, 6) is 0. The van der Waals surface area contributed by atoms with E-state index < -0.39 is 5.54 Å². The molecule has 18 heavy (non-hydrogen) atoms. The molecule has 0 saturated carbocycles. The second-order valence-corrected chi connectivity index (χ2v) is 5.08. The van der Waals surface area contributed by atoms with E-state index in [-0.39, 0.29) is 5.56 Å². The fourth-order valence-electron chi connectivity index (χ4n) is 1.93. The Labute approximate surface area is 106 Å². The molecule has 1 aromatic heterocycles. The van der Waals surface area contributed by atoms with Crippen molar-refractivity contribution in [3.63, 3.8) is 0 Å². The zero-order chi connectivity index (χ0) is 13.2. The van der Waals surface area contributed by atoms with Gasteiger partial charge in [-0.15, -0.1) is 0 Å². The molecule has 1 saturated heterocycles. The Morgan fingerprint density at radius 1 is 1.44 bits per heavy atom. The van der Waals surface area contributed by atoms with Crippen LogP contribution in [0.5, 0.6) is 0 Å². The summed E-state index contributed by atoms with van der Waals surface area (Å²) in [6.45, 7) is 7.15. The van der Waals surface area contributed by atoms with E-state index in [0.717, 1.165) is 18.8 Å². The Morgan fingerprint density at radius 3 is 2.67 bits per heavy atom. The average molecular weight is 252 g/mol. The Bertz CT molecular complexity index is 463. The van der Waals surface area contributed by atoms with E-state index in [1.807, 2.05) is 13.8 Å². The molecule has 0 aliphatic carbocycles. The topological polar surface area (TPSA) is 73.4 Å². The Hall–Kier alpha value is -1.40. The first-order valence-corrected chi connectivity index (χ1v) is 6.17. The number of hydrogen-bond acceptors (Lipinski definition) is 5. The molecule has 0 aromatic carbocycles. The molecule has 2 N–H and O–H groups in total. The molecule has 1 fully saturated rings.